The summed E-state index contributed by atoms with van der Waals surface area (Å²) in [5, 5.41) is 21.6. The van der Waals surface area contributed by atoms with Crippen molar-refractivity contribution in [2.45, 2.75) is 32.5 Å². The summed E-state index contributed by atoms with van der Waals surface area (Å²) in [6.07, 6.45) is -0.603. The molecule has 3 N–H and O–H groups in total. The normalized spacial score (nSPS) is 15.2. The van der Waals surface area contributed by atoms with Gasteiger partial charge in [-0.1, -0.05) is 13.5 Å². The fourth-order valence-electron chi connectivity index (χ4n) is 1.81. The molecule has 0 aromatic heterocycles. The summed E-state index contributed by atoms with van der Waals surface area (Å²) < 4.78 is 0.414. The standard InChI is InChI=1S/C12H24N2O3/c1-6-7-14(4,5)11(10(16)8-15)13-12(17)9(2)3/h10-11,15-16H,2,6-8H2,1,3-5H3/p+1. The Bertz CT molecular complexity index is 277. The lowest BCUT2D eigenvalue weighted by molar-refractivity contribution is -0.921. The van der Waals surface area contributed by atoms with Gasteiger partial charge in [0.1, 0.15) is 6.10 Å². The molecule has 0 aliphatic carbocycles. The molecule has 5 heteroatoms. The highest BCUT2D eigenvalue weighted by molar-refractivity contribution is 5.92. The van der Waals surface area contributed by atoms with Gasteiger partial charge >= 0.3 is 0 Å². The molecule has 2 atom stereocenters. The predicted octanol–water partition coefficient (Wildman–Crippen LogP) is -0.156. The molecule has 0 saturated heterocycles. The Balaban J connectivity index is 4.88. The van der Waals surface area contributed by atoms with Crippen molar-refractivity contribution in [2.24, 2.45) is 0 Å². The second-order valence-corrected chi connectivity index (χ2v) is 4.95. The molecule has 0 aromatic carbocycles. The summed E-state index contributed by atoms with van der Waals surface area (Å²) >= 11 is 0. The van der Waals surface area contributed by atoms with Crippen LogP contribution in [-0.4, -0.2) is 60.1 Å². The Kier molecular flexibility index (Phi) is 6.37. The Morgan fingerprint density at radius 1 is 1.47 bits per heavy atom. The monoisotopic (exact) mass is 245 g/mol. The molecule has 0 aromatic rings. The SMILES string of the molecule is C=C(C)C(=O)NC(C(O)CO)[N+](C)(C)CCC. The van der Waals surface area contributed by atoms with E-state index in [1.54, 1.807) is 6.92 Å². The van der Waals surface area contributed by atoms with Gasteiger partial charge < -0.3 is 20.0 Å². The van der Waals surface area contributed by atoms with Gasteiger partial charge in [-0.15, -0.1) is 0 Å². The van der Waals surface area contributed by atoms with Crippen LogP contribution in [0.15, 0.2) is 12.2 Å². The number of aliphatic hydroxyl groups excluding tert-OH is 2. The molecular weight excluding hydrogens is 220 g/mol. The van der Waals surface area contributed by atoms with E-state index in [0.717, 1.165) is 13.0 Å². The third-order valence-corrected chi connectivity index (χ3v) is 2.77. The van der Waals surface area contributed by atoms with Crippen molar-refractivity contribution in [3.8, 4) is 0 Å². The molecule has 0 fully saturated rings. The second kappa shape index (κ2) is 6.74. The minimum atomic E-state index is -0.986. The number of rotatable bonds is 7. The van der Waals surface area contributed by atoms with Crippen LogP contribution in [0.25, 0.3) is 0 Å². The van der Waals surface area contributed by atoms with E-state index in [2.05, 4.69) is 11.9 Å². The zero-order chi connectivity index (χ0) is 13.6. The van der Waals surface area contributed by atoms with Gasteiger partial charge in [0, 0.05) is 5.57 Å². The van der Waals surface area contributed by atoms with E-state index in [1.807, 2.05) is 21.0 Å². The van der Waals surface area contributed by atoms with Crippen LogP contribution in [0.1, 0.15) is 20.3 Å². The van der Waals surface area contributed by atoms with Crippen molar-refractivity contribution in [2.75, 3.05) is 27.2 Å². The van der Waals surface area contributed by atoms with E-state index in [4.69, 9.17) is 5.11 Å². The largest absolute Gasteiger partial charge is 0.393 e. The fraction of sp³-hybridized carbons (Fsp3) is 0.750. The van der Waals surface area contributed by atoms with Gasteiger partial charge in [0.05, 0.1) is 27.2 Å². The lowest BCUT2D eigenvalue weighted by Crippen LogP contribution is -2.63. The van der Waals surface area contributed by atoms with Gasteiger partial charge in [-0.3, -0.25) is 4.79 Å². The molecule has 0 bridgehead atoms. The van der Waals surface area contributed by atoms with Gasteiger partial charge in [-0.05, 0) is 13.3 Å². The number of nitrogens with one attached hydrogen (secondary N) is 1. The highest BCUT2D eigenvalue weighted by Crippen LogP contribution is 2.10. The zero-order valence-corrected chi connectivity index (χ0v) is 11.2. The molecule has 100 valence electrons. The fourth-order valence-corrected chi connectivity index (χ4v) is 1.81. The first kappa shape index (κ1) is 16.1. The minimum Gasteiger partial charge on any atom is -0.393 e. The summed E-state index contributed by atoms with van der Waals surface area (Å²) in [4.78, 5) is 11.6. The molecule has 17 heavy (non-hydrogen) atoms. The number of quaternary nitrogens is 1. The van der Waals surface area contributed by atoms with Crippen molar-refractivity contribution in [3.05, 3.63) is 12.2 Å². The van der Waals surface area contributed by atoms with Crippen LogP contribution in [0.3, 0.4) is 0 Å². The third kappa shape index (κ3) is 4.85. The Hall–Kier alpha value is -0.910. The van der Waals surface area contributed by atoms with Gasteiger partial charge in [-0.25, -0.2) is 0 Å². The molecule has 0 rings (SSSR count). The lowest BCUT2D eigenvalue weighted by Gasteiger charge is -2.40. The van der Waals surface area contributed by atoms with E-state index in [0.29, 0.717) is 10.1 Å². The molecule has 2 unspecified atom stereocenters. The minimum absolute atomic E-state index is 0.301. The first-order chi connectivity index (χ1) is 7.76. The average molecular weight is 245 g/mol. The molecule has 0 aliphatic rings. The molecular formula is C12H25N2O3+. The first-order valence-electron chi connectivity index (χ1n) is 5.84. The summed E-state index contributed by atoms with van der Waals surface area (Å²) in [5.74, 6) is -0.301. The van der Waals surface area contributed by atoms with Gasteiger partial charge in [0.25, 0.3) is 5.91 Å². The first-order valence-corrected chi connectivity index (χ1v) is 5.84. The number of nitrogens with zero attached hydrogens (tertiary/aromatic N) is 1. The number of amides is 1. The highest BCUT2D eigenvalue weighted by Gasteiger charge is 2.35. The van der Waals surface area contributed by atoms with Crippen LogP contribution < -0.4 is 5.32 Å². The Morgan fingerprint density at radius 2 is 2.00 bits per heavy atom. The number of likely N-dealkylation sites (N-methyl/N-ethyl adjacent to an activating group) is 1. The second-order valence-electron chi connectivity index (χ2n) is 4.95. The summed E-state index contributed by atoms with van der Waals surface area (Å²) in [7, 11) is 3.82. The summed E-state index contributed by atoms with van der Waals surface area (Å²) in [6, 6.07) is 0. The number of carbonyl (C=O) groups excluding carboxylic acids is 1. The molecule has 5 nitrogen and oxygen atoms in total. The molecule has 0 radical (unpaired) electrons. The van der Waals surface area contributed by atoms with Crippen LogP contribution in [0.4, 0.5) is 0 Å². The molecule has 0 spiro atoms. The number of hydrogen-bond donors (Lipinski definition) is 3. The maximum Gasteiger partial charge on any atom is 0.250 e. The zero-order valence-electron chi connectivity index (χ0n) is 11.2. The van der Waals surface area contributed by atoms with E-state index in [-0.39, 0.29) is 12.5 Å². The lowest BCUT2D eigenvalue weighted by atomic mass is 10.2. The van der Waals surface area contributed by atoms with Gasteiger partial charge in [-0.2, -0.15) is 0 Å². The molecule has 0 saturated carbocycles. The van der Waals surface area contributed by atoms with Gasteiger partial charge in [0.2, 0.25) is 0 Å². The van der Waals surface area contributed by atoms with E-state index in [1.165, 1.54) is 0 Å². The maximum absolute atomic E-state index is 11.6. The topological polar surface area (TPSA) is 69.6 Å². The van der Waals surface area contributed by atoms with Crippen LogP contribution in [-0.2, 0) is 4.79 Å². The molecule has 0 aliphatic heterocycles. The van der Waals surface area contributed by atoms with Crippen LogP contribution in [0.2, 0.25) is 0 Å². The van der Waals surface area contributed by atoms with Crippen molar-refractivity contribution >= 4 is 5.91 Å². The number of aliphatic hydroxyl groups is 2. The number of hydrogen-bond acceptors (Lipinski definition) is 3. The van der Waals surface area contributed by atoms with E-state index in [9.17, 15) is 9.90 Å². The smallest absolute Gasteiger partial charge is 0.250 e. The van der Waals surface area contributed by atoms with Gasteiger partial charge in [0.15, 0.2) is 6.17 Å². The van der Waals surface area contributed by atoms with E-state index >= 15 is 0 Å². The summed E-state index contributed by atoms with van der Waals surface area (Å²) in [6.45, 7) is 7.61. The van der Waals surface area contributed by atoms with Crippen LogP contribution in [0, 0.1) is 0 Å². The molecule has 0 heterocycles. The van der Waals surface area contributed by atoms with Crippen LogP contribution in [0.5, 0.6) is 0 Å². The predicted molar refractivity (Wildman–Crippen MR) is 67.1 cm³/mol. The Morgan fingerprint density at radius 3 is 2.35 bits per heavy atom. The molecule has 1 amide bonds. The van der Waals surface area contributed by atoms with Crippen LogP contribution >= 0.6 is 0 Å². The highest BCUT2D eigenvalue weighted by atomic mass is 16.3. The quantitative estimate of drug-likeness (QED) is 0.332. The Labute approximate surface area is 103 Å². The van der Waals surface area contributed by atoms with Crippen molar-refractivity contribution in [1.82, 2.24) is 5.32 Å². The maximum atomic E-state index is 11.6. The van der Waals surface area contributed by atoms with Crippen molar-refractivity contribution in [3.63, 3.8) is 0 Å². The van der Waals surface area contributed by atoms with Crippen molar-refractivity contribution < 1.29 is 19.5 Å². The number of carbonyl (C=O) groups is 1. The van der Waals surface area contributed by atoms with E-state index < -0.39 is 12.3 Å². The van der Waals surface area contributed by atoms with Crippen molar-refractivity contribution in [1.29, 1.82) is 0 Å². The average Bonchev–Trinajstić information content (AvgIpc) is 2.23. The summed E-state index contributed by atoms with van der Waals surface area (Å²) in [5.41, 5.74) is 0.386. The third-order valence-electron chi connectivity index (χ3n) is 2.77.